The minimum atomic E-state index is -0.401. The van der Waals surface area contributed by atoms with Gasteiger partial charge in [0.1, 0.15) is 0 Å². The molecule has 0 saturated carbocycles. The molecule has 4 nitrogen and oxygen atoms in total. The van der Waals surface area contributed by atoms with Crippen molar-refractivity contribution in [1.82, 2.24) is 10.2 Å². The Bertz CT molecular complexity index is 697. The second kappa shape index (κ2) is 5.89. The van der Waals surface area contributed by atoms with Gasteiger partial charge < -0.3 is 15.3 Å². The molecule has 1 aliphatic heterocycles. The number of fused-ring (bicyclic) bond motifs is 1. The summed E-state index contributed by atoms with van der Waals surface area (Å²) in [6.45, 7) is 6.53. The lowest BCUT2D eigenvalue weighted by Crippen LogP contribution is -2.43. The van der Waals surface area contributed by atoms with E-state index < -0.39 is 6.10 Å². The molecule has 5 heteroatoms. The molecular weight excluding hydrogens is 296 g/mol. The minimum Gasteiger partial charge on any atom is -0.391 e. The highest BCUT2D eigenvalue weighted by atomic mass is 32.1. The van der Waals surface area contributed by atoms with Crippen molar-refractivity contribution in [2.24, 2.45) is 0 Å². The van der Waals surface area contributed by atoms with E-state index in [1.807, 2.05) is 26.0 Å². The number of nitrogens with zero attached hydrogens (tertiary/aromatic N) is 1. The Morgan fingerprint density at radius 2 is 2.18 bits per heavy atom. The molecule has 2 aromatic rings. The van der Waals surface area contributed by atoms with Gasteiger partial charge in [0.25, 0.3) is 0 Å². The van der Waals surface area contributed by atoms with Crippen molar-refractivity contribution in [3.63, 3.8) is 0 Å². The van der Waals surface area contributed by atoms with Gasteiger partial charge >= 0.3 is 6.03 Å². The van der Waals surface area contributed by atoms with Crippen LogP contribution in [0.3, 0.4) is 0 Å². The molecule has 0 spiro atoms. The number of benzene rings is 1. The summed E-state index contributed by atoms with van der Waals surface area (Å²) in [6.07, 6.45) is 0.256. The molecule has 1 fully saturated rings. The van der Waals surface area contributed by atoms with E-state index in [-0.39, 0.29) is 18.1 Å². The maximum absolute atomic E-state index is 12.4. The number of amides is 2. The van der Waals surface area contributed by atoms with Crippen LogP contribution in [0.4, 0.5) is 4.79 Å². The molecule has 2 unspecified atom stereocenters. The first-order chi connectivity index (χ1) is 10.5. The van der Waals surface area contributed by atoms with E-state index in [1.165, 1.54) is 20.5 Å². The van der Waals surface area contributed by atoms with Crippen LogP contribution in [0.25, 0.3) is 10.1 Å². The van der Waals surface area contributed by atoms with Crippen LogP contribution in [-0.2, 0) is 0 Å². The molecule has 118 valence electrons. The normalized spacial score (nSPS) is 23.0. The van der Waals surface area contributed by atoms with Crippen molar-refractivity contribution in [3.05, 3.63) is 34.7 Å². The molecular formula is C17H22N2O2S. The summed E-state index contributed by atoms with van der Waals surface area (Å²) < 4.78 is 1.25. The third-order valence-corrected chi connectivity index (χ3v) is 5.88. The third-order valence-electron chi connectivity index (χ3n) is 4.43. The Labute approximate surface area is 134 Å². The smallest absolute Gasteiger partial charge is 0.318 e. The molecule has 22 heavy (non-hydrogen) atoms. The average molecular weight is 318 g/mol. The Hall–Kier alpha value is -1.59. The molecule has 3 atom stereocenters. The number of aliphatic hydroxyl groups is 1. The quantitative estimate of drug-likeness (QED) is 0.891. The summed E-state index contributed by atoms with van der Waals surface area (Å²) in [5, 5.41) is 14.0. The van der Waals surface area contributed by atoms with E-state index in [2.05, 4.69) is 24.4 Å². The molecule has 2 amide bonds. The predicted octanol–water partition coefficient (Wildman–Crippen LogP) is 3.44. The highest BCUT2D eigenvalue weighted by Crippen LogP contribution is 2.34. The lowest BCUT2D eigenvalue weighted by Gasteiger charge is -2.24. The van der Waals surface area contributed by atoms with Crippen LogP contribution in [0.15, 0.2) is 24.3 Å². The second-order valence-corrected chi connectivity index (χ2v) is 7.23. The van der Waals surface area contributed by atoms with Crippen LogP contribution in [0.1, 0.15) is 36.8 Å². The summed E-state index contributed by atoms with van der Waals surface area (Å²) in [6, 6.07) is 8.29. The molecule has 0 aliphatic carbocycles. The molecule has 0 radical (unpaired) electrons. The van der Waals surface area contributed by atoms with E-state index in [9.17, 15) is 9.90 Å². The number of nitrogens with one attached hydrogen (secondary N) is 1. The Morgan fingerprint density at radius 3 is 2.82 bits per heavy atom. The van der Waals surface area contributed by atoms with Crippen LogP contribution in [0, 0.1) is 6.92 Å². The number of hydrogen-bond acceptors (Lipinski definition) is 3. The zero-order chi connectivity index (χ0) is 15.9. The number of carbonyl (C=O) groups is 1. The number of urea groups is 1. The van der Waals surface area contributed by atoms with Crippen molar-refractivity contribution in [2.75, 3.05) is 6.54 Å². The number of carbonyl (C=O) groups excluding carboxylic acids is 1. The van der Waals surface area contributed by atoms with E-state index in [0.717, 1.165) is 0 Å². The first-order valence-electron chi connectivity index (χ1n) is 7.70. The fraction of sp³-hybridized carbons (Fsp3) is 0.471. The first kappa shape index (κ1) is 15.3. The molecule has 1 aromatic heterocycles. The van der Waals surface area contributed by atoms with Crippen LogP contribution in [0.5, 0.6) is 0 Å². The largest absolute Gasteiger partial charge is 0.391 e. The Balaban J connectivity index is 1.77. The molecule has 2 heterocycles. The van der Waals surface area contributed by atoms with Crippen molar-refractivity contribution in [2.45, 2.75) is 45.4 Å². The van der Waals surface area contributed by atoms with Gasteiger partial charge in [0.15, 0.2) is 0 Å². The van der Waals surface area contributed by atoms with Crippen LogP contribution >= 0.6 is 11.3 Å². The van der Waals surface area contributed by atoms with Gasteiger partial charge in [-0.25, -0.2) is 4.79 Å². The van der Waals surface area contributed by atoms with E-state index >= 15 is 0 Å². The van der Waals surface area contributed by atoms with Gasteiger partial charge in [-0.3, -0.25) is 0 Å². The van der Waals surface area contributed by atoms with Crippen LogP contribution < -0.4 is 5.32 Å². The van der Waals surface area contributed by atoms with Crippen molar-refractivity contribution in [3.8, 4) is 0 Å². The van der Waals surface area contributed by atoms with Crippen LogP contribution in [-0.4, -0.2) is 34.7 Å². The zero-order valence-electron chi connectivity index (χ0n) is 13.2. The highest BCUT2D eigenvalue weighted by molar-refractivity contribution is 7.19. The van der Waals surface area contributed by atoms with E-state index in [1.54, 1.807) is 16.2 Å². The summed E-state index contributed by atoms with van der Waals surface area (Å²) in [4.78, 5) is 15.3. The fourth-order valence-corrected chi connectivity index (χ4v) is 4.44. The highest BCUT2D eigenvalue weighted by Gasteiger charge is 2.32. The summed E-state index contributed by atoms with van der Waals surface area (Å²) in [7, 11) is 0. The monoisotopic (exact) mass is 318 g/mol. The van der Waals surface area contributed by atoms with Gasteiger partial charge in [-0.2, -0.15) is 0 Å². The molecule has 1 aliphatic rings. The molecule has 0 bridgehead atoms. The van der Waals surface area contributed by atoms with Gasteiger partial charge in [-0.05, 0) is 44.2 Å². The number of rotatable bonds is 2. The standard InChI is InChI=1S/C17H22N2O2S/c1-10-8-13(20)9-19(10)17(21)18-12(3)16-11(2)14-6-4-5-7-15(14)22-16/h4-7,10,12-13,20H,8-9H2,1-3H3,(H,18,21)/t10?,12-,13?/m1/s1. The van der Waals surface area contributed by atoms with Crippen LogP contribution in [0.2, 0.25) is 0 Å². The number of aryl methyl sites for hydroxylation is 1. The Kier molecular flexibility index (Phi) is 4.10. The second-order valence-electron chi connectivity index (χ2n) is 6.15. The molecule has 3 rings (SSSR count). The Morgan fingerprint density at radius 1 is 1.45 bits per heavy atom. The first-order valence-corrected chi connectivity index (χ1v) is 8.52. The average Bonchev–Trinajstić information content (AvgIpc) is 2.99. The molecule has 1 saturated heterocycles. The minimum absolute atomic E-state index is 0.0326. The van der Waals surface area contributed by atoms with Crippen molar-refractivity contribution in [1.29, 1.82) is 0 Å². The topological polar surface area (TPSA) is 52.6 Å². The van der Waals surface area contributed by atoms with Gasteiger partial charge in [-0.1, -0.05) is 18.2 Å². The van der Waals surface area contributed by atoms with Crippen molar-refractivity contribution >= 4 is 27.5 Å². The predicted molar refractivity (Wildman–Crippen MR) is 90.3 cm³/mol. The fourth-order valence-electron chi connectivity index (χ4n) is 3.23. The lowest BCUT2D eigenvalue weighted by molar-refractivity contribution is 0.168. The summed E-state index contributed by atoms with van der Waals surface area (Å²) in [5.74, 6) is 0. The van der Waals surface area contributed by atoms with Crippen molar-refractivity contribution < 1.29 is 9.90 Å². The third kappa shape index (κ3) is 2.71. The van der Waals surface area contributed by atoms with Gasteiger partial charge in [-0.15, -0.1) is 11.3 Å². The van der Waals surface area contributed by atoms with Gasteiger partial charge in [0, 0.05) is 22.2 Å². The number of aliphatic hydroxyl groups excluding tert-OH is 1. The zero-order valence-corrected chi connectivity index (χ0v) is 14.0. The van der Waals surface area contributed by atoms with Gasteiger partial charge in [0.2, 0.25) is 0 Å². The van der Waals surface area contributed by atoms with E-state index in [4.69, 9.17) is 0 Å². The number of likely N-dealkylation sites (tertiary alicyclic amines) is 1. The molecule has 2 N–H and O–H groups in total. The maximum atomic E-state index is 12.4. The van der Waals surface area contributed by atoms with E-state index in [0.29, 0.717) is 13.0 Å². The number of thiophene rings is 1. The van der Waals surface area contributed by atoms with Gasteiger partial charge in [0.05, 0.1) is 12.1 Å². The molecule has 1 aromatic carbocycles. The SMILES string of the molecule is Cc1c([C@@H](C)NC(=O)N2CC(O)CC2C)sc2ccccc12. The summed E-state index contributed by atoms with van der Waals surface area (Å²) in [5.41, 5.74) is 1.24. The number of β-amino-alcohol motifs (C(OH)–C–C–N with tert-alkyl or cyclic N) is 1. The number of hydrogen-bond donors (Lipinski definition) is 2. The summed E-state index contributed by atoms with van der Waals surface area (Å²) >= 11 is 1.74. The maximum Gasteiger partial charge on any atom is 0.318 e. The lowest BCUT2D eigenvalue weighted by atomic mass is 10.1.